The molecule has 117 valence electrons. The van der Waals surface area contributed by atoms with Crippen LogP contribution in [-0.4, -0.2) is 30.7 Å². The van der Waals surface area contributed by atoms with Crippen LogP contribution in [-0.2, 0) is 29.6 Å². The molecule has 22 heavy (non-hydrogen) atoms. The Labute approximate surface area is 142 Å². The normalized spacial score (nSPS) is 12.3. The molecule has 2 N–H and O–H groups in total. The van der Waals surface area contributed by atoms with Gasteiger partial charge in [-0.2, -0.15) is 0 Å². The van der Waals surface area contributed by atoms with Crippen LogP contribution in [0.25, 0.3) is 11.3 Å². The van der Waals surface area contributed by atoms with Crippen LogP contribution in [0.3, 0.4) is 0 Å². The first-order chi connectivity index (χ1) is 10.3. The molecule has 0 bridgehead atoms. The predicted molar refractivity (Wildman–Crippen MR) is 81.1 cm³/mol. The maximum absolute atomic E-state index is 8.56. The molecule has 1 heterocycles. The van der Waals surface area contributed by atoms with Gasteiger partial charge in [0.1, 0.15) is 6.34 Å². The Morgan fingerprint density at radius 1 is 1.27 bits per heavy atom. The number of hydrogen-bond donors (Lipinski definition) is 2. The number of nitrogens with one attached hydrogen (secondary N) is 1. The molecule has 1 aromatic carbocycles. The Morgan fingerprint density at radius 2 is 2.00 bits per heavy atom. The number of nitrogens with zero attached hydrogens (tertiary/aromatic N) is 2. The van der Waals surface area contributed by atoms with Crippen molar-refractivity contribution in [2.75, 3.05) is 14.2 Å². The summed E-state index contributed by atoms with van der Waals surface area (Å²) >= 11 is 1.53. The van der Waals surface area contributed by atoms with Crippen molar-refractivity contribution < 1.29 is 31.5 Å². The summed E-state index contributed by atoms with van der Waals surface area (Å²) < 4.78 is 10.7. The van der Waals surface area contributed by atoms with Crippen molar-refractivity contribution in [3.8, 4) is 22.8 Å². The van der Waals surface area contributed by atoms with Crippen molar-refractivity contribution >= 4 is 22.8 Å². The number of hydroxylamine groups is 1. The van der Waals surface area contributed by atoms with Crippen molar-refractivity contribution in [3.63, 3.8) is 0 Å². The monoisotopic (exact) mass is 364 g/mol. The predicted octanol–water partition coefficient (Wildman–Crippen LogP) is 2.56. The van der Waals surface area contributed by atoms with Crippen LogP contribution in [0.15, 0.2) is 17.1 Å². The zero-order valence-corrected chi connectivity index (χ0v) is 13.9. The van der Waals surface area contributed by atoms with Gasteiger partial charge >= 0.3 is 16.8 Å². The van der Waals surface area contributed by atoms with Gasteiger partial charge in [-0.05, 0) is 30.5 Å². The average Bonchev–Trinajstić information content (AvgIpc) is 2.94. The minimum Gasteiger partial charge on any atom is -0.493 e. The minimum atomic E-state index is 0. The summed E-state index contributed by atoms with van der Waals surface area (Å²) in [4.78, 5) is 9.77. The quantitative estimate of drug-likeness (QED) is 0.495. The first-order valence-corrected chi connectivity index (χ1v) is 7.25. The van der Waals surface area contributed by atoms with Gasteiger partial charge in [0.05, 0.1) is 19.9 Å². The van der Waals surface area contributed by atoms with E-state index < -0.39 is 0 Å². The number of thiazole rings is 1. The molecule has 1 aliphatic carbocycles. The SMILES string of the molecule is COc1cc2c(cc1OC)-c1nc(/N=C\NO)sc1CC2.[Co+2]. The van der Waals surface area contributed by atoms with Gasteiger partial charge in [0, 0.05) is 10.4 Å². The van der Waals surface area contributed by atoms with E-state index in [1.807, 2.05) is 17.6 Å². The van der Waals surface area contributed by atoms with Gasteiger partial charge in [-0.1, -0.05) is 11.3 Å². The van der Waals surface area contributed by atoms with Crippen molar-refractivity contribution in [1.82, 2.24) is 10.5 Å². The van der Waals surface area contributed by atoms with E-state index in [9.17, 15) is 0 Å². The summed E-state index contributed by atoms with van der Waals surface area (Å²) in [6.45, 7) is 0. The molecular weight excluding hydrogens is 349 g/mol. The number of benzene rings is 1. The number of aromatic nitrogens is 1. The van der Waals surface area contributed by atoms with E-state index in [0.29, 0.717) is 10.9 Å². The Balaban J connectivity index is 0.00000176. The van der Waals surface area contributed by atoms with E-state index in [1.165, 1.54) is 28.1 Å². The molecule has 0 spiro atoms. The zero-order chi connectivity index (χ0) is 14.8. The fourth-order valence-corrected chi connectivity index (χ4v) is 3.37. The van der Waals surface area contributed by atoms with Gasteiger partial charge in [-0.15, -0.1) is 0 Å². The van der Waals surface area contributed by atoms with E-state index in [-0.39, 0.29) is 16.8 Å². The second-order valence-corrected chi connectivity index (χ2v) is 5.58. The van der Waals surface area contributed by atoms with Gasteiger partial charge in [-0.25, -0.2) is 9.98 Å². The summed E-state index contributed by atoms with van der Waals surface area (Å²) in [5.74, 6) is 1.43. The average molecular weight is 364 g/mol. The van der Waals surface area contributed by atoms with Crippen molar-refractivity contribution in [3.05, 3.63) is 22.6 Å². The molecule has 0 fully saturated rings. The number of fused-ring (bicyclic) bond motifs is 3. The van der Waals surface area contributed by atoms with Crippen LogP contribution in [0.4, 0.5) is 5.13 Å². The van der Waals surface area contributed by atoms with Gasteiger partial charge < -0.3 is 9.47 Å². The second kappa shape index (κ2) is 7.10. The number of hydrogen-bond acceptors (Lipinski definition) is 6. The van der Waals surface area contributed by atoms with Crippen LogP contribution in [0.2, 0.25) is 0 Å². The van der Waals surface area contributed by atoms with E-state index in [2.05, 4.69) is 9.98 Å². The Hall–Kier alpha value is -1.61. The van der Waals surface area contributed by atoms with Crippen LogP contribution in [0.1, 0.15) is 10.4 Å². The molecule has 6 nitrogen and oxygen atoms in total. The van der Waals surface area contributed by atoms with E-state index >= 15 is 0 Å². The van der Waals surface area contributed by atoms with Gasteiger partial charge in [0.25, 0.3) is 0 Å². The molecule has 3 rings (SSSR count). The molecule has 0 atom stereocenters. The minimum absolute atomic E-state index is 0. The third kappa shape index (κ3) is 2.95. The summed E-state index contributed by atoms with van der Waals surface area (Å²) in [7, 11) is 3.26. The van der Waals surface area contributed by atoms with Crippen LogP contribution >= 0.6 is 11.3 Å². The Kier molecular flexibility index (Phi) is 5.40. The van der Waals surface area contributed by atoms with Gasteiger partial charge in [-0.3, -0.25) is 10.7 Å². The molecule has 1 aliphatic rings. The third-order valence-electron chi connectivity index (χ3n) is 3.40. The summed E-state index contributed by atoms with van der Waals surface area (Å²) in [5, 5.41) is 9.18. The van der Waals surface area contributed by atoms with E-state index in [1.54, 1.807) is 14.2 Å². The topological polar surface area (TPSA) is 76.0 Å². The molecule has 0 saturated heterocycles. The van der Waals surface area contributed by atoms with Crippen molar-refractivity contribution in [1.29, 1.82) is 0 Å². The second-order valence-electron chi connectivity index (χ2n) is 4.52. The fourth-order valence-electron chi connectivity index (χ4n) is 2.46. The number of aliphatic imine (C=N–C) groups is 1. The molecule has 0 amide bonds. The summed E-state index contributed by atoms with van der Waals surface area (Å²) in [5.41, 5.74) is 5.08. The molecule has 0 aliphatic heterocycles. The number of methoxy groups -OCH3 is 2. The number of aryl methyl sites for hydroxylation is 2. The van der Waals surface area contributed by atoms with E-state index in [0.717, 1.165) is 29.8 Å². The fraction of sp³-hybridized carbons (Fsp3) is 0.286. The number of ether oxygens (including phenoxy) is 2. The molecule has 1 radical (unpaired) electrons. The molecule has 2 aromatic rings. The maximum Gasteiger partial charge on any atom is 2.00 e. The summed E-state index contributed by atoms with van der Waals surface area (Å²) in [6.07, 6.45) is 3.07. The summed E-state index contributed by atoms with van der Waals surface area (Å²) in [6, 6.07) is 3.97. The maximum atomic E-state index is 8.56. The Bertz CT molecular complexity index is 703. The van der Waals surface area contributed by atoms with Crippen molar-refractivity contribution in [2.45, 2.75) is 12.8 Å². The molecule has 1 aromatic heterocycles. The zero-order valence-electron chi connectivity index (χ0n) is 12.0. The van der Waals surface area contributed by atoms with Crippen LogP contribution < -0.4 is 15.0 Å². The first kappa shape index (κ1) is 16.8. The molecular formula is C14H15CoN3O3S+2. The van der Waals surface area contributed by atoms with Crippen molar-refractivity contribution in [2.24, 2.45) is 4.99 Å². The largest absolute Gasteiger partial charge is 2.00 e. The molecule has 0 saturated carbocycles. The first-order valence-electron chi connectivity index (χ1n) is 6.44. The smallest absolute Gasteiger partial charge is 0.493 e. The Morgan fingerprint density at radius 3 is 2.68 bits per heavy atom. The molecule has 0 unspecified atom stereocenters. The van der Waals surface area contributed by atoms with Crippen LogP contribution in [0.5, 0.6) is 11.5 Å². The van der Waals surface area contributed by atoms with Crippen LogP contribution in [0, 0.1) is 0 Å². The van der Waals surface area contributed by atoms with Gasteiger partial charge in [0.2, 0.25) is 5.13 Å². The molecule has 8 heteroatoms. The van der Waals surface area contributed by atoms with E-state index in [4.69, 9.17) is 14.7 Å². The number of rotatable bonds is 4. The third-order valence-corrected chi connectivity index (χ3v) is 4.43. The van der Waals surface area contributed by atoms with Gasteiger partial charge in [0.15, 0.2) is 11.5 Å². The standard InChI is InChI=1S/C14H15N3O3S.Co/c1-19-10-5-8-3-4-12-13(9(8)6-11(10)20-2)17-14(21-12)15-7-16-18;/h5-7,18H,3-4H2,1-2H3,(H,15,16,17);/q;+2.